The van der Waals surface area contributed by atoms with Gasteiger partial charge in [0.15, 0.2) is 0 Å². The van der Waals surface area contributed by atoms with Crippen molar-refractivity contribution in [3.8, 4) is 5.75 Å². The molecular formula is C15H19NOS. The van der Waals surface area contributed by atoms with Gasteiger partial charge in [-0.25, -0.2) is 0 Å². The molecule has 18 heavy (non-hydrogen) atoms. The maximum atomic E-state index is 9.97. The molecule has 0 amide bonds. The van der Waals surface area contributed by atoms with Gasteiger partial charge in [0.25, 0.3) is 0 Å². The van der Waals surface area contributed by atoms with Crippen LogP contribution in [0.25, 0.3) is 0 Å². The van der Waals surface area contributed by atoms with Crippen LogP contribution in [0.1, 0.15) is 41.9 Å². The minimum atomic E-state index is 0.127. The van der Waals surface area contributed by atoms with Gasteiger partial charge in [0, 0.05) is 22.5 Å². The molecule has 0 saturated heterocycles. The molecule has 2 atom stereocenters. The number of phenols is 1. The van der Waals surface area contributed by atoms with Gasteiger partial charge in [-0.05, 0) is 43.8 Å². The number of rotatable bonds is 4. The lowest BCUT2D eigenvalue weighted by molar-refractivity contribution is 0.439. The van der Waals surface area contributed by atoms with E-state index in [0.29, 0.717) is 11.8 Å². The first-order valence-electron chi connectivity index (χ1n) is 6.17. The van der Waals surface area contributed by atoms with Crippen molar-refractivity contribution in [2.24, 2.45) is 0 Å². The van der Waals surface area contributed by atoms with Crippen LogP contribution in [0.2, 0.25) is 0 Å². The van der Waals surface area contributed by atoms with E-state index in [-0.39, 0.29) is 6.04 Å². The molecule has 96 valence electrons. The fourth-order valence-corrected chi connectivity index (χ4v) is 2.85. The third-order valence-corrected chi connectivity index (χ3v) is 4.18. The number of hydrogen-bond donors (Lipinski definition) is 2. The summed E-state index contributed by atoms with van der Waals surface area (Å²) in [5.74, 6) is 0.369. The summed E-state index contributed by atoms with van der Waals surface area (Å²) in [7, 11) is 0. The van der Waals surface area contributed by atoms with E-state index >= 15 is 0 Å². The highest BCUT2D eigenvalue weighted by Crippen LogP contribution is 2.28. The third kappa shape index (κ3) is 2.92. The number of hydrogen-bond acceptors (Lipinski definition) is 3. The van der Waals surface area contributed by atoms with Crippen LogP contribution in [0, 0.1) is 6.92 Å². The van der Waals surface area contributed by atoms with Crippen LogP contribution in [0.15, 0.2) is 35.7 Å². The Bertz CT molecular complexity index is 507. The Morgan fingerprint density at radius 2 is 1.94 bits per heavy atom. The number of thiophene rings is 1. The zero-order chi connectivity index (χ0) is 13.1. The molecule has 2 nitrogen and oxygen atoms in total. The summed E-state index contributed by atoms with van der Waals surface area (Å²) in [5.41, 5.74) is 2.03. The number of aryl methyl sites for hydroxylation is 1. The van der Waals surface area contributed by atoms with Crippen molar-refractivity contribution in [3.05, 3.63) is 51.7 Å². The quantitative estimate of drug-likeness (QED) is 0.865. The van der Waals surface area contributed by atoms with Gasteiger partial charge in [-0.2, -0.15) is 0 Å². The van der Waals surface area contributed by atoms with Gasteiger partial charge in [-0.3, -0.25) is 0 Å². The van der Waals surface area contributed by atoms with Gasteiger partial charge in [0.05, 0.1) is 0 Å². The second-order valence-electron chi connectivity index (χ2n) is 4.69. The summed E-state index contributed by atoms with van der Waals surface area (Å²) in [4.78, 5) is 1.31. The van der Waals surface area contributed by atoms with Crippen molar-refractivity contribution in [2.75, 3.05) is 0 Å². The Morgan fingerprint density at radius 3 is 2.56 bits per heavy atom. The second-order valence-corrected chi connectivity index (χ2v) is 5.67. The van der Waals surface area contributed by atoms with E-state index in [1.54, 1.807) is 11.3 Å². The van der Waals surface area contributed by atoms with Crippen molar-refractivity contribution in [1.82, 2.24) is 5.32 Å². The first-order chi connectivity index (χ1) is 8.58. The number of aromatic hydroxyl groups is 1. The van der Waals surface area contributed by atoms with Crippen LogP contribution >= 0.6 is 11.3 Å². The van der Waals surface area contributed by atoms with Crippen LogP contribution in [0.5, 0.6) is 5.75 Å². The lowest BCUT2D eigenvalue weighted by atomic mass is 10.0. The Morgan fingerprint density at radius 1 is 1.17 bits per heavy atom. The van der Waals surface area contributed by atoms with Crippen LogP contribution in [0.3, 0.4) is 0 Å². The van der Waals surface area contributed by atoms with Gasteiger partial charge in [-0.1, -0.05) is 18.2 Å². The highest BCUT2D eigenvalue weighted by atomic mass is 32.1. The Hall–Kier alpha value is -1.32. The zero-order valence-electron chi connectivity index (χ0n) is 11.0. The maximum absolute atomic E-state index is 9.97. The monoisotopic (exact) mass is 261 g/mol. The summed E-state index contributed by atoms with van der Waals surface area (Å²) in [6, 6.07) is 10.4. The Balaban J connectivity index is 2.10. The van der Waals surface area contributed by atoms with Gasteiger partial charge >= 0.3 is 0 Å². The van der Waals surface area contributed by atoms with E-state index in [9.17, 15) is 5.11 Å². The molecule has 2 aromatic rings. The average molecular weight is 261 g/mol. The van der Waals surface area contributed by atoms with E-state index in [2.05, 4.69) is 36.7 Å². The van der Waals surface area contributed by atoms with Gasteiger partial charge in [-0.15, -0.1) is 11.3 Å². The van der Waals surface area contributed by atoms with Crippen molar-refractivity contribution in [3.63, 3.8) is 0 Å². The van der Waals surface area contributed by atoms with Crippen molar-refractivity contribution >= 4 is 11.3 Å². The molecule has 0 spiro atoms. The molecule has 1 heterocycles. The third-order valence-electron chi connectivity index (χ3n) is 3.12. The van der Waals surface area contributed by atoms with Crippen LogP contribution in [-0.2, 0) is 0 Å². The molecule has 0 radical (unpaired) electrons. The topological polar surface area (TPSA) is 32.3 Å². The summed E-state index contributed by atoms with van der Waals surface area (Å²) in [6.45, 7) is 6.21. The standard InChI is InChI=1S/C15H19NOS/c1-10-6-7-13(14(17)9-10)11(2)16-12(3)15-5-4-8-18-15/h4-9,11-12,16-17H,1-3H3/t11?,12-/m1/s1. The van der Waals surface area contributed by atoms with Crippen molar-refractivity contribution in [2.45, 2.75) is 32.9 Å². The van der Waals surface area contributed by atoms with E-state index < -0.39 is 0 Å². The minimum absolute atomic E-state index is 0.127. The largest absolute Gasteiger partial charge is 0.508 e. The first-order valence-corrected chi connectivity index (χ1v) is 7.05. The number of benzene rings is 1. The predicted molar refractivity (Wildman–Crippen MR) is 77.1 cm³/mol. The molecule has 2 N–H and O–H groups in total. The molecule has 0 aliphatic carbocycles. The lowest BCUT2D eigenvalue weighted by Crippen LogP contribution is -2.21. The lowest BCUT2D eigenvalue weighted by Gasteiger charge is -2.20. The number of nitrogens with one attached hydrogen (secondary N) is 1. The van der Waals surface area contributed by atoms with Gasteiger partial charge in [0.2, 0.25) is 0 Å². The first kappa shape index (κ1) is 13.1. The summed E-state index contributed by atoms with van der Waals surface area (Å²) in [5, 5.41) is 15.6. The fourth-order valence-electron chi connectivity index (χ4n) is 2.10. The van der Waals surface area contributed by atoms with Crippen molar-refractivity contribution < 1.29 is 5.11 Å². The van der Waals surface area contributed by atoms with Crippen LogP contribution in [0.4, 0.5) is 0 Å². The molecule has 0 aliphatic rings. The molecule has 0 bridgehead atoms. The van der Waals surface area contributed by atoms with Crippen molar-refractivity contribution in [1.29, 1.82) is 0 Å². The normalized spacial score (nSPS) is 14.4. The smallest absolute Gasteiger partial charge is 0.120 e. The highest BCUT2D eigenvalue weighted by molar-refractivity contribution is 7.10. The average Bonchev–Trinajstić information content (AvgIpc) is 2.81. The molecule has 3 heteroatoms. The predicted octanol–water partition coefficient (Wildman–Crippen LogP) is 4.17. The van der Waals surface area contributed by atoms with Crippen LogP contribution in [-0.4, -0.2) is 5.11 Å². The molecule has 1 aromatic heterocycles. The molecule has 0 aliphatic heterocycles. The second kappa shape index (κ2) is 5.55. The number of phenolic OH excluding ortho intramolecular Hbond substituents is 1. The van der Waals surface area contributed by atoms with Crippen LogP contribution < -0.4 is 5.32 Å². The van der Waals surface area contributed by atoms with E-state index in [1.165, 1.54) is 4.88 Å². The molecule has 0 fully saturated rings. The van der Waals surface area contributed by atoms with E-state index in [4.69, 9.17) is 0 Å². The summed E-state index contributed by atoms with van der Waals surface area (Å²) < 4.78 is 0. The van der Waals surface area contributed by atoms with E-state index in [0.717, 1.165) is 11.1 Å². The SMILES string of the molecule is Cc1ccc(C(C)N[C@H](C)c2cccs2)c(O)c1. The maximum Gasteiger partial charge on any atom is 0.120 e. The Kier molecular flexibility index (Phi) is 4.04. The van der Waals surface area contributed by atoms with E-state index in [1.807, 2.05) is 25.1 Å². The van der Waals surface area contributed by atoms with Gasteiger partial charge < -0.3 is 10.4 Å². The Labute approximate surface area is 112 Å². The summed E-state index contributed by atoms with van der Waals surface area (Å²) in [6.07, 6.45) is 0. The molecule has 2 rings (SSSR count). The van der Waals surface area contributed by atoms with Gasteiger partial charge in [0.1, 0.15) is 5.75 Å². The highest BCUT2D eigenvalue weighted by Gasteiger charge is 2.14. The summed E-state index contributed by atoms with van der Waals surface area (Å²) >= 11 is 1.75. The fraction of sp³-hybridized carbons (Fsp3) is 0.333. The molecule has 1 aromatic carbocycles. The zero-order valence-corrected chi connectivity index (χ0v) is 11.8. The molecule has 0 saturated carbocycles. The molecule has 1 unspecified atom stereocenters. The minimum Gasteiger partial charge on any atom is -0.508 e. The molecular weight excluding hydrogens is 242 g/mol.